The Hall–Kier alpha value is -4.30. The van der Waals surface area contributed by atoms with Gasteiger partial charge in [0, 0.05) is 10.8 Å². The number of halogens is 6. The summed E-state index contributed by atoms with van der Waals surface area (Å²) in [6, 6.07) is 9.83. The molecule has 41 heavy (non-hydrogen) atoms. The first-order valence-corrected chi connectivity index (χ1v) is 12.2. The van der Waals surface area contributed by atoms with Gasteiger partial charge >= 0.3 is 18.3 Å². The van der Waals surface area contributed by atoms with Crippen molar-refractivity contribution in [1.29, 1.82) is 10.5 Å². The average Bonchev–Trinajstić information content (AvgIpc) is 3.56. The molecule has 1 heterocycles. The highest BCUT2D eigenvalue weighted by atomic mass is 19.4. The van der Waals surface area contributed by atoms with Gasteiger partial charge in [-0.2, -0.15) is 36.9 Å². The van der Waals surface area contributed by atoms with Crippen LogP contribution >= 0.6 is 0 Å². The van der Waals surface area contributed by atoms with Gasteiger partial charge in [0.25, 0.3) is 0 Å². The first-order valence-electron chi connectivity index (χ1n) is 12.2. The Labute approximate surface area is 229 Å². The van der Waals surface area contributed by atoms with Crippen molar-refractivity contribution in [2.24, 2.45) is 5.92 Å². The Morgan fingerprint density at radius 3 is 2.15 bits per heavy atom. The number of fused-ring (bicyclic) bond motifs is 3. The summed E-state index contributed by atoms with van der Waals surface area (Å²) in [6.45, 7) is 3.63. The molecule has 2 atom stereocenters. The maximum atomic E-state index is 14.2. The highest BCUT2D eigenvalue weighted by molar-refractivity contribution is 6.05. The molecule has 1 amide bonds. The second-order valence-electron chi connectivity index (χ2n) is 9.99. The van der Waals surface area contributed by atoms with E-state index in [4.69, 9.17) is 19.6 Å². The molecule has 2 aromatic carbocycles. The third kappa shape index (κ3) is 7.67. The monoisotopic (exact) mass is 582 g/mol. The smallest absolute Gasteiger partial charge is 0.475 e. The van der Waals surface area contributed by atoms with Crippen LogP contribution in [0, 0.1) is 28.6 Å². The Kier molecular flexibility index (Phi) is 8.89. The van der Waals surface area contributed by atoms with E-state index in [0.717, 1.165) is 0 Å². The third-order valence-electron chi connectivity index (χ3n) is 6.25. The van der Waals surface area contributed by atoms with Crippen LogP contribution in [0.25, 0.3) is 21.9 Å². The zero-order chi connectivity index (χ0) is 30.8. The number of rotatable bonds is 7. The fraction of sp³-hybridized carbons (Fsp3) is 0.407. The van der Waals surface area contributed by atoms with Crippen molar-refractivity contribution < 1.29 is 45.5 Å². The summed E-state index contributed by atoms with van der Waals surface area (Å²) < 4.78 is 80.0. The molecule has 1 saturated carbocycles. The van der Waals surface area contributed by atoms with Gasteiger partial charge in [0.05, 0.1) is 23.7 Å². The van der Waals surface area contributed by atoms with Gasteiger partial charge in [-0.15, -0.1) is 0 Å². The normalized spacial score (nSPS) is 15.8. The Morgan fingerprint density at radius 1 is 1.02 bits per heavy atom. The van der Waals surface area contributed by atoms with Gasteiger partial charge in [0.2, 0.25) is 5.91 Å². The van der Waals surface area contributed by atoms with Crippen LogP contribution in [0.5, 0.6) is 0 Å². The average molecular weight is 583 g/mol. The van der Waals surface area contributed by atoms with Gasteiger partial charge < -0.3 is 14.8 Å². The molecule has 1 aliphatic carbocycles. The fourth-order valence-electron chi connectivity index (χ4n) is 4.06. The molecular weight excluding hydrogens is 558 g/mol. The molecule has 0 bridgehead atoms. The van der Waals surface area contributed by atoms with E-state index in [1.807, 2.05) is 26.0 Å². The number of benzene rings is 2. The number of nitrogens with one attached hydrogen (secondary N) is 2. The minimum absolute atomic E-state index is 0.0541. The number of carbonyl (C=O) groups is 2. The van der Waals surface area contributed by atoms with Crippen LogP contribution in [0.3, 0.4) is 0 Å². The van der Waals surface area contributed by atoms with Crippen molar-refractivity contribution in [1.82, 2.24) is 10.6 Å². The van der Waals surface area contributed by atoms with Crippen LogP contribution in [-0.4, -0.2) is 40.9 Å². The number of carboxylic acid groups (broad SMARTS) is 1. The number of aliphatic carboxylic acids is 1. The maximum absolute atomic E-state index is 14.2. The second-order valence-corrected chi connectivity index (χ2v) is 9.99. The zero-order valence-corrected chi connectivity index (χ0v) is 21.7. The summed E-state index contributed by atoms with van der Waals surface area (Å²) in [5.41, 5.74) is 0.0675. The number of amides is 1. The number of carboxylic acids is 1. The van der Waals surface area contributed by atoms with Crippen molar-refractivity contribution >= 4 is 33.8 Å². The molecule has 0 spiro atoms. The van der Waals surface area contributed by atoms with Gasteiger partial charge in [0.15, 0.2) is 0 Å². The molecule has 0 aliphatic heterocycles. The lowest BCUT2D eigenvalue weighted by molar-refractivity contribution is -0.192. The van der Waals surface area contributed by atoms with Gasteiger partial charge in [-0.1, -0.05) is 26.0 Å². The molecule has 1 aliphatic rings. The lowest BCUT2D eigenvalue weighted by Crippen LogP contribution is -2.52. The number of furan rings is 1. The molecule has 0 radical (unpaired) electrons. The standard InChI is InChI=1S/C25H23F3N4O2.C2HF3O2/c1-14(2)9-19(23(33)32-24(13-30)7-8-24)31-22(25(26,27)28)16-4-5-17-18-10-15(12-29)3-6-20(18)34-21(17)11-16;3-2(4,5)1(6)7/h3-6,10-11,14,19,22,31H,7-9H2,1-2H3,(H,32,33);(H,6,7). The summed E-state index contributed by atoms with van der Waals surface area (Å²) in [6.07, 6.45) is -8.62. The molecule has 4 rings (SSSR count). The van der Waals surface area contributed by atoms with Crippen LogP contribution in [-0.2, 0) is 9.59 Å². The second kappa shape index (κ2) is 11.7. The Bertz CT molecular complexity index is 1530. The minimum atomic E-state index is -5.08. The maximum Gasteiger partial charge on any atom is 0.490 e. The van der Waals surface area contributed by atoms with Crippen LogP contribution in [0.1, 0.15) is 50.3 Å². The van der Waals surface area contributed by atoms with Gasteiger partial charge in [-0.05, 0) is 55.0 Å². The largest absolute Gasteiger partial charge is 0.490 e. The van der Waals surface area contributed by atoms with Gasteiger partial charge in [0.1, 0.15) is 22.7 Å². The number of carbonyl (C=O) groups excluding carboxylic acids is 1. The number of hydrogen-bond donors (Lipinski definition) is 3. The quantitative estimate of drug-likeness (QED) is 0.296. The predicted octanol–water partition coefficient (Wildman–Crippen LogP) is 5.87. The predicted molar refractivity (Wildman–Crippen MR) is 133 cm³/mol. The van der Waals surface area contributed by atoms with Crippen molar-refractivity contribution in [3.05, 3.63) is 47.5 Å². The number of alkyl halides is 6. The lowest BCUT2D eigenvalue weighted by atomic mass is 9.98. The van der Waals surface area contributed by atoms with Gasteiger partial charge in [-0.3, -0.25) is 10.1 Å². The first-order chi connectivity index (χ1) is 19.0. The molecule has 1 aromatic heterocycles. The van der Waals surface area contributed by atoms with Crippen LogP contribution < -0.4 is 10.6 Å². The van der Waals surface area contributed by atoms with Crippen LogP contribution in [0.2, 0.25) is 0 Å². The van der Waals surface area contributed by atoms with Crippen molar-refractivity contribution in [2.75, 3.05) is 0 Å². The highest BCUT2D eigenvalue weighted by Crippen LogP contribution is 2.38. The number of hydrogen-bond acceptors (Lipinski definition) is 6. The molecule has 0 saturated heterocycles. The van der Waals surface area contributed by atoms with E-state index in [1.54, 1.807) is 18.2 Å². The molecule has 2 unspecified atom stereocenters. The molecular formula is C27H24F6N4O4. The number of nitrogens with zero attached hydrogens (tertiary/aromatic N) is 2. The minimum Gasteiger partial charge on any atom is -0.475 e. The summed E-state index contributed by atoms with van der Waals surface area (Å²) in [5, 5.41) is 31.9. The summed E-state index contributed by atoms with van der Waals surface area (Å²) in [7, 11) is 0. The molecule has 14 heteroatoms. The Balaban J connectivity index is 0.000000587. The molecule has 1 fully saturated rings. The van der Waals surface area contributed by atoms with Crippen molar-refractivity contribution in [3.63, 3.8) is 0 Å². The Morgan fingerprint density at radius 2 is 1.66 bits per heavy atom. The van der Waals surface area contributed by atoms with Gasteiger partial charge in [-0.25, -0.2) is 4.79 Å². The summed E-state index contributed by atoms with van der Waals surface area (Å²) in [4.78, 5) is 21.7. The SMILES string of the molecule is CC(C)CC(NC(c1ccc2c(c1)oc1ccc(C#N)cc12)C(F)(F)F)C(=O)NC1(C#N)CC1.O=C(O)C(F)(F)F. The summed E-state index contributed by atoms with van der Waals surface area (Å²) >= 11 is 0. The van der Waals surface area contributed by atoms with Crippen molar-refractivity contribution in [3.8, 4) is 12.1 Å². The van der Waals surface area contributed by atoms with E-state index in [0.29, 0.717) is 34.8 Å². The van der Waals surface area contributed by atoms with Crippen molar-refractivity contribution in [2.45, 2.75) is 63.1 Å². The molecule has 218 valence electrons. The van der Waals surface area contributed by atoms with E-state index in [9.17, 15) is 36.4 Å². The number of nitriles is 2. The van der Waals surface area contributed by atoms with Crippen LogP contribution in [0.15, 0.2) is 40.8 Å². The summed E-state index contributed by atoms with van der Waals surface area (Å²) in [5.74, 6) is -3.43. The van der Waals surface area contributed by atoms with E-state index < -0.39 is 41.9 Å². The first kappa shape index (κ1) is 31.2. The van der Waals surface area contributed by atoms with E-state index in [-0.39, 0.29) is 23.5 Å². The van der Waals surface area contributed by atoms with E-state index in [2.05, 4.69) is 10.6 Å². The van der Waals surface area contributed by atoms with E-state index in [1.165, 1.54) is 18.2 Å². The van der Waals surface area contributed by atoms with E-state index >= 15 is 0 Å². The fourth-order valence-corrected chi connectivity index (χ4v) is 4.06. The zero-order valence-electron chi connectivity index (χ0n) is 21.7. The third-order valence-corrected chi connectivity index (χ3v) is 6.25. The highest BCUT2D eigenvalue weighted by Gasteiger charge is 2.47. The molecule has 3 N–H and O–H groups in total. The van der Waals surface area contributed by atoms with Crippen LogP contribution in [0.4, 0.5) is 26.3 Å². The molecule has 3 aromatic rings. The molecule has 8 nitrogen and oxygen atoms in total. The topological polar surface area (TPSA) is 139 Å². The lowest BCUT2D eigenvalue weighted by Gasteiger charge is -2.29.